The highest BCUT2D eigenvalue weighted by Gasteiger charge is 2.27. The molecule has 16 heavy (non-hydrogen) atoms. The molecule has 1 aliphatic heterocycles. The van der Waals surface area contributed by atoms with E-state index in [1.807, 2.05) is 0 Å². The zero-order chi connectivity index (χ0) is 12.2. The first-order valence-electron chi connectivity index (χ1n) is 5.50. The topological polar surface area (TPSA) is 63.2 Å². The lowest BCUT2D eigenvalue weighted by atomic mass is 10.1. The average molecular weight is 265 g/mol. The summed E-state index contributed by atoms with van der Waals surface area (Å²) in [6.07, 6.45) is 0.678. The van der Waals surface area contributed by atoms with Gasteiger partial charge in [0, 0.05) is 12.3 Å². The summed E-state index contributed by atoms with van der Waals surface area (Å²) in [6, 6.07) is 0. The third-order valence-electron chi connectivity index (χ3n) is 2.41. The molecule has 0 aromatic carbocycles. The van der Waals surface area contributed by atoms with Gasteiger partial charge in [0.25, 0.3) is 5.24 Å². The van der Waals surface area contributed by atoms with E-state index in [-0.39, 0.29) is 22.7 Å². The van der Waals surface area contributed by atoms with Crippen molar-refractivity contribution in [2.75, 3.05) is 23.8 Å². The normalized spacial score (nSPS) is 23.6. The number of sulfone groups is 1. The Morgan fingerprint density at radius 2 is 2.19 bits per heavy atom. The molecule has 0 radical (unpaired) electrons. The highest BCUT2D eigenvalue weighted by atomic mass is 32.2. The maximum Gasteiger partial charge on any atom is 0.279 e. The number of nitrogens with one attached hydrogen (secondary N) is 1. The number of carbonyl (C=O) groups excluding carboxylic acids is 1. The Bertz CT molecular complexity index is 338. The van der Waals surface area contributed by atoms with Crippen molar-refractivity contribution in [2.24, 2.45) is 11.8 Å². The lowest BCUT2D eigenvalue weighted by Gasteiger charge is -2.09. The number of thioether (sulfide) groups is 1. The molecule has 1 amide bonds. The Balaban J connectivity index is 2.18. The average Bonchev–Trinajstić information content (AvgIpc) is 2.52. The van der Waals surface area contributed by atoms with Gasteiger partial charge in [-0.25, -0.2) is 8.42 Å². The van der Waals surface area contributed by atoms with E-state index in [0.717, 1.165) is 5.75 Å². The summed E-state index contributed by atoms with van der Waals surface area (Å²) in [4.78, 5) is 11.4. The van der Waals surface area contributed by atoms with Crippen LogP contribution in [-0.4, -0.2) is 37.5 Å². The second-order valence-corrected chi connectivity index (χ2v) is 7.86. The molecule has 0 spiro atoms. The van der Waals surface area contributed by atoms with Gasteiger partial charge in [-0.3, -0.25) is 4.79 Å². The van der Waals surface area contributed by atoms with E-state index in [4.69, 9.17) is 0 Å². The molecular weight excluding hydrogens is 246 g/mol. The molecular formula is C10H19NO3S2. The van der Waals surface area contributed by atoms with Crippen molar-refractivity contribution in [2.45, 2.75) is 20.3 Å². The Kier molecular flexibility index (Phi) is 5.11. The molecule has 0 aromatic rings. The van der Waals surface area contributed by atoms with E-state index in [1.165, 1.54) is 11.8 Å². The lowest BCUT2D eigenvalue weighted by molar-refractivity contribution is 0.259. The Labute approximate surface area is 101 Å². The minimum atomic E-state index is -2.83. The number of hydrogen-bond donors (Lipinski definition) is 1. The largest absolute Gasteiger partial charge is 0.347 e. The molecule has 1 saturated heterocycles. The summed E-state index contributed by atoms with van der Waals surface area (Å²) < 4.78 is 22.4. The Hall–Kier alpha value is -0.230. The van der Waals surface area contributed by atoms with Crippen molar-refractivity contribution in [1.29, 1.82) is 0 Å². The molecule has 1 rings (SSSR count). The van der Waals surface area contributed by atoms with Gasteiger partial charge in [0.2, 0.25) is 0 Å². The fourth-order valence-corrected chi connectivity index (χ4v) is 4.09. The predicted molar refractivity (Wildman–Crippen MR) is 67.5 cm³/mol. The molecule has 1 unspecified atom stereocenters. The van der Waals surface area contributed by atoms with Crippen molar-refractivity contribution in [3.63, 3.8) is 0 Å². The molecule has 0 aliphatic carbocycles. The van der Waals surface area contributed by atoms with E-state index in [1.54, 1.807) is 0 Å². The van der Waals surface area contributed by atoms with Crippen LogP contribution in [0.5, 0.6) is 0 Å². The van der Waals surface area contributed by atoms with Gasteiger partial charge < -0.3 is 5.32 Å². The number of rotatable bonds is 4. The van der Waals surface area contributed by atoms with Gasteiger partial charge >= 0.3 is 0 Å². The van der Waals surface area contributed by atoms with Crippen molar-refractivity contribution in [1.82, 2.24) is 5.32 Å². The number of carbonyl (C=O) groups is 1. The first-order valence-corrected chi connectivity index (χ1v) is 8.31. The van der Waals surface area contributed by atoms with Gasteiger partial charge in [0.1, 0.15) is 0 Å². The predicted octanol–water partition coefficient (Wildman–Crippen LogP) is 1.52. The summed E-state index contributed by atoms with van der Waals surface area (Å²) in [5.41, 5.74) is 0. The molecule has 1 N–H and O–H groups in total. The van der Waals surface area contributed by atoms with E-state index < -0.39 is 9.84 Å². The Morgan fingerprint density at radius 1 is 1.50 bits per heavy atom. The van der Waals surface area contributed by atoms with E-state index in [2.05, 4.69) is 19.2 Å². The minimum absolute atomic E-state index is 0.0435. The summed E-state index contributed by atoms with van der Waals surface area (Å²) in [5, 5.41) is 2.73. The molecule has 0 aromatic heterocycles. The quantitative estimate of drug-likeness (QED) is 0.837. The van der Waals surface area contributed by atoms with Crippen LogP contribution in [-0.2, 0) is 9.84 Å². The molecule has 1 atom stereocenters. The van der Waals surface area contributed by atoms with E-state index in [0.29, 0.717) is 18.9 Å². The molecule has 1 heterocycles. The number of hydrogen-bond acceptors (Lipinski definition) is 4. The second kappa shape index (κ2) is 5.91. The van der Waals surface area contributed by atoms with Crippen LogP contribution in [0.3, 0.4) is 0 Å². The maximum absolute atomic E-state index is 11.4. The fourth-order valence-electron chi connectivity index (χ4n) is 1.55. The van der Waals surface area contributed by atoms with Crippen LogP contribution < -0.4 is 5.32 Å². The smallest absolute Gasteiger partial charge is 0.279 e. The fraction of sp³-hybridized carbons (Fsp3) is 0.900. The standard InChI is InChI=1S/C10H19NO3S2/c1-8(2)6-15-10(12)11-5-9-3-4-16(13,14)7-9/h8-9H,3-7H2,1-2H3,(H,11,12). The van der Waals surface area contributed by atoms with Crippen LogP contribution in [0.25, 0.3) is 0 Å². The zero-order valence-corrected chi connectivity index (χ0v) is 11.4. The van der Waals surface area contributed by atoms with Crippen LogP contribution in [0, 0.1) is 11.8 Å². The first-order chi connectivity index (χ1) is 7.39. The van der Waals surface area contributed by atoms with Crippen molar-refractivity contribution >= 4 is 26.8 Å². The number of amides is 1. The molecule has 94 valence electrons. The van der Waals surface area contributed by atoms with Gasteiger partial charge in [-0.1, -0.05) is 25.6 Å². The van der Waals surface area contributed by atoms with Crippen LogP contribution in [0.4, 0.5) is 4.79 Å². The van der Waals surface area contributed by atoms with Crippen LogP contribution in [0.15, 0.2) is 0 Å². The van der Waals surface area contributed by atoms with Crippen molar-refractivity contribution < 1.29 is 13.2 Å². The van der Waals surface area contributed by atoms with E-state index >= 15 is 0 Å². The van der Waals surface area contributed by atoms with Crippen molar-refractivity contribution in [3.8, 4) is 0 Å². The molecule has 4 nitrogen and oxygen atoms in total. The SMILES string of the molecule is CC(C)CSC(=O)NCC1CCS(=O)(=O)C1. The van der Waals surface area contributed by atoms with Crippen LogP contribution in [0.1, 0.15) is 20.3 Å². The van der Waals surface area contributed by atoms with Gasteiger partial charge in [0.05, 0.1) is 11.5 Å². The van der Waals surface area contributed by atoms with Gasteiger partial charge in [-0.05, 0) is 18.3 Å². The van der Waals surface area contributed by atoms with Crippen LogP contribution in [0.2, 0.25) is 0 Å². The maximum atomic E-state index is 11.4. The zero-order valence-electron chi connectivity index (χ0n) is 9.73. The molecule has 6 heteroatoms. The third-order valence-corrected chi connectivity index (χ3v) is 5.49. The summed E-state index contributed by atoms with van der Waals surface area (Å²) in [7, 11) is -2.83. The minimum Gasteiger partial charge on any atom is -0.347 e. The third kappa shape index (κ3) is 5.21. The van der Waals surface area contributed by atoms with Gasteiger partial charge in [-0.2, -0.15) is 0 Å². The second-order valence-electron chi connectivity index (χ2n) is 4.64. The van der Waals surface area contributed by atoms with E-state index in [9.17, 15) is 13.2 Å². The molecule has 0 saturated carbocycles. The Morgan fingerprint density at radius 3 is 2.69 bits per heavy atom. The highest BCUT2D eigenvalue weighted by molar-refractivity contribution is 8.13. The molecule has 1 fully saturated rings. The van der Waals surface area contributed by atoms with Crippen molar-refractivity contribution in [3.05, 3.63) is 0 Å². The summed E-state index contributed by atoms with van der Waals surface area (Å²) in [5.74, 6) is 1.89. The lowest BCUT2D eigenvalue weighted by Crippen LogP contribution is -2.27. The summed E-state index contributed by atoms with van der Waals surface area (Å²) in [6.45, 7) is 4.61. The molecule has 1 aliphatic rings. The molecule has 0 bridgehead atoms. The van der Waals surface area contributed by atoms with Gasteiger partial charge in [0.15, 0.2) is 9.84 Å². The van der Waals surface area contributed by atoms with Crippen LogP contribution >= 0.6 is 11.8 Å². The summed E-state index contributed by atoms with van der Waals surface area (Å²) >= 11 is 1.27. The highest BCUT2D eigenvalue weighted by Crippen LogP contribution is 2.18. The first kappa shape index (κ1) is 13.8. The monoisotopic (exact) mass is 265 g/mol. The van der Waals surface area contributed by atoms with Gasteiger partial charge in [-0.15, -0.1) is 0 Å².